The number of oxime groups is 5. The second kappa shape index (κ2) is 41.8. The maximum Gasteiger partial charge on any atom is 0.454 e. The van der Waals surface area contributed by atoms with Crippen molar-refractivity contribution in [1.82, 2.24) is 5.48 Å². The molecule has 5 fully saturated rings. The summed E-state index contributed by atoms with van der Waals surface area (Å²) in [5.41, 5.74) is 15.1. The smallest absolute Gasteiger partial charge is 0.454 e. The summed E-state index contributed by atoms with van der Waals surface area (Å²) < 4.78 is 122. The van der Waals surface area contributed by atoms with Gasteiger partial charge in [-0.25, -0.2) is 47.6 Å². The van der Waals surface area contributed by atoms with E-state index in [4.69, 9.17) is 48.9 Å². The fourth-order valence-corrected chi connectivity index (χ4v) is 19.3. The number of rotatable bonds is 32. The molecule has 5 aliphatic heterocycles. The third kappa shape index (κ3) is 26.3. The summed E-state index contributed by atoms with van der Waals surface area (Å²) in [5, 5.41) is 64.3. The lowest BCUT2D eigenvalue weighted by Crippen LogP contribution is -2.51. The molecule has 1 amide bonds. The number of hydrogen-bond donors (Lipinski definition) is 6. The number of carbonyl (C=O) groups excluding carboxylic acids is 3. The molecule has 10 unspecified atom stereocenters. The highest BCUT2D eigenvalue weighted by atomic mass is 79.9. The SMILES string of the molecule is CC(CC1CC(c2ccc(C3CC3)cc2)=NO1)(C(=O)NO)S(C)(=O)=O.CC(CC1CC(c2ccc(C3CC3)cc2)=NO1)(C(=O)O)S(C)(=O)=O.CC(CC1CC(c2ccc(C3CC3)cc2)=NO1)(C(=O)O)S(C)(=O)=O.CCOC(=O)C(C)(CC1CC(c2ccc(Br)cc2)=NO1)S(C)(=O)=O.CCOC(=O)C(C)(CC1CC(c2ccc(C3CC3)cc2)=NO1)S(C)(=O)=O.OB(O)C1CC1. The summed E-state index contributed by atoms with van der Waals surface area (Å²) in [4.78, 5) is 86.0. The Kier molecular flexibility index (Phi) is 33.1. The first-order valence-corrected chi connectivity index (χ1v) is 53.0. The molecule has 0 aromatic heterocycles. The van der Waals surface area contributed by atoms with Gasteiger partial charge in [-0.15, -0.1) is 0 Å². The van der Waals surface area contributed by atoms with Gasteiger partial charge >= 0.3 is 31.0 Å². The molecule has 5 heterocycles. The van der Waals surface area contributed by atoms with Crippen molar-refractivity contribution in [2.75, 3.05) is 44.5 Å². The van der Waals surface area contributed by atoms with E-state index in [0.717, 1.165) is 105 Å². The van der Waals surface area contributed by atoms with Gasteiger partial charge < -0.3 is 53.9 Å². The summed E-state index contributed by atoms with van der Waals surface area (Å²) in [7, 11) is -19.7. The summed E-state index contributed by atoms with van der Waals surface area (Å²) in [6, 6.07) is 40.3. The number of carbonyl (C=O) groups is 5. The van der Waals surface area contributed by atoms with E-state index in [9.17, 15) is 76.3 Å². The number of aliphatic carboxylic acids is 2. The van der Waals surface area contributed by atoms with Gasteiger partial charge in [0.25, 0.3) is 5.91 Å². The van der Waals surface area contributed by atoms with Crippen LogP contribution in [0.25, 0.3) is 0 Å². The van der Waals surface area contributed by atoms with Crippen molar-refractivity contribution in [1.29, 1.82) is 0 Å². The number of nitrogens with one attached hydrogen (secondary N) is 1. The second-order valence-corrected chi connectivity index (χ2v) is 48.9. The Morgan fingerprint density at radius 3 is 0.752 bits per heavy atom. The largest absolute Gasteiger partial charge is 0.480 e. The first kappa shape index (κ1) is 102. The van der Waals surface area contributed by atoms with Crippen LogP contribution in [0.4, 0.5) is 0 Å². The molecule has 40 heteroatoms. The maximum atomic E-state index is 12.3. The van der Waals surface area contributed by atoms with Crippen molar-refractivity contribution < 1.29 is 125 Å². The molecular formula is C89H116BBrN6O27S5. The zero-order valence-corrected chi connectivity index (χ0v) is 80.0. The van der Waals surface area contributed by atoms with Crippen molar-refractivity contribution in [2.45, 2.75) is 261 Å². The molecule has 6 N–H and O–H groups in total. The highest BCUT2D eigenvalue weighted by Crippen LogP contribution is 2.45. The van der Waals surface area contributed by atoms with Crippen LogP contribution in [-0.2, 0) is 107 Å². The molecule has 0 bridgehead atoms. The van der Waals surface area contributed by atoms with Crippen LogP contribution in [0.2, 0.25) is 5.82 Å². The van der Waals surface area contributed by atoms with Crippen molar-refractivity contribution >= 4 is 131 Å². The number of hydrogen-bond acceptors (Lipinski definition) is 30. The summed E-state index contributed by atoms with van der Waals surface area (Å²) >= 11 is 3.37. The van der Waals surface area contributed by atoms with E-state index in [2.05, 4.69) is 90.2 Å². The molecule has 5 aliphatic carbocycles. The molecule has 704 valence electrons. The summed E-state index contributed by atoms with van der Waals surface area (Å²) in [6.45, 7) is 10.0. The lowest BCUT2D eigenvalue weighted by atomic mass is 9.84. The predicted octanol–water partition coefficient (Wildman–Crippen LogP) is 11.6. The van der Waals surface area contributed by atoms with Crippen LogP contribution in [0, 0.1) is 0 Å². The molecule has 129 heavy (non-hydrogen) atoms. The van der Waals surface area contributed by atoms with Gasteiger partial charge in [0.2, 0.25) is 0 Å². The van der Waals surface area contributed by atoms with Gasteiger partial charge in [-0.2, -0.15) is 0 Å². The second-order valence-electron chi connectivity index (χ2n) is 35.7. The average molecular weight is 1950 g/mol. The Hall–Kier alpha value is -9.03. The molecule has 0 saturated heterocycles. The van der Waals surface area contributed by atoms with Crippen LogP contribution in [0.3, 0.4) is 0 Å². The molecule has 5 aromatic rings. The number of amides is 1. The Morgan fingerprint density at radius 2 is 0.581 bits per heavy atom. The maximum absolute atomic E-state index is 12.3. The molecule has 10 atom stereocenters. The monoisotopic (exact) mass is 1950 g/mol. The Morgan fingerprint density at radius 1 is 0.372 bits per heavy atom. The minimum absolute atomic E-state index is 0.00576. The van der Waals surface area contributed by atoms with Gasteiger partial charge in [-0.05, 0) is 192 Å². The number of nitrogens with zero attached hydrogens (tertiary/aromatic N) is 5. The molecule has 5 saturated carbocycles. The van der Waals surface area contributed by atoms with Crippen molar-refractivity contribution in [3.05, 3.63) is 176 Å². The normalized spacial score (nSPS) is 22.2. The van der Waals surface area contributed by atoms with Gasteiger partial charge in [-0.3, -0.25) is 29.2 Å². The Bertz CT molecular complexity index is 5520. The highest BCUT2D eigenvalue weighted by Gasteiger charge is 2.53. The molecule has 0 radical (unpaired) electrons. The number of halogens is 1. The van der Waals surface area contributed by atoms with E-state index in [0.29, 0.717) is 55.8 Å². The lowest BCUT2D eigenvalue weighted by molar-refractivity contribution is -0.147. The van der Waals surface area contributed by atoms with E-state index >= 15 is 0 Å². The number of ether oxygens (including phenoxy) is 2. The van der Waals surface area contributed by atoms with Crippen molar-refractivity contribution in [2.24, 2.45) is 25.8 Å². The fourth-order valence-electron chi connectivity index (χ4n) is 14.9. The molecule has 33 nitrogen and oxygen atoms in total. The third-order valence-corrected chi connectivity index (χ3v) is 35.5. The van der Waals surface area contributed by atoms with Crippen LogP contribution in [0.1, 0.15) is 251 Å². The minimum atomic E-state index is -3.77. The topological polar surface area (TPSA) is 496 Å². The molecule has 0 spiro atoms. The summed E-state index contributed by atoms with van der Waals surface area (Å²) in [6.07, 6.45) is 16.0. The number of carboxylic acid groups (broad SMARTS) is 2. The average Bonchev–Trinajstić information content (AvgIpc) is 1.63. The van der Waals surface area contributed by atoms with Gasteiger partial charge in [-0.1, -0.05) is 164 Å². The van der Waals surface area contributed by atoms with Crippen LogP contribution < -0.4 is 5.48 Å². The van der Waals surface area contributed by atoms with Crippen molar-refractivity contribution in [3.63, 3.8) is 0 Å². The van der Waals surface area contributed by atoms with E-state index in [-0.39, 0.29) is 51.1 Å². The van der Waals surface area contributed by atoms with E-state index in [1.54, 1.807) is 13.8 Å². The van der Waals surface area contributed by atoms with Gasteiger partial charge in [0.1, 0.15) is 30.5 Å². The van der Waals surface area contributed by atoms with Crippen LogP contribution in [-0.4, -0.2) is 232 Å². The summed E-state index contributed by atoms with van der Waals surface area (Å²) in [5.74, 6) is -2.26. The number of sulfone groups is 5. The number of hydroxylamine groups is 1. The lowest BCUT2D eigenvalue weighted by Gasteiger charge is -2.27. The van der Waals surface area contributed by atoms with Gasteiger partial charge in [0, 0.05) is 100.0 Å². The van der Waals surface area contributed by atoms with E-state index in [1.165, 1.54) is 114 Å². The Balaban J connectivity index is 0.000000165. The van der Waals surface area contributed by atoms with Crippen LogP contribution in [0.5, 0.6) is 0 Å². The number of carboxylic acids is 2. The van der Waals surface area contributed by atoms with E-state index < -0.39 is 140 Å². The molecule has 5 aromatic carbocycles. The van der Waals surface area contributed by atoms with Crippen LogP contribution >= 0.6 is 15.9 Å². The van der Waals surface area contributed by atoms with Gasteiger partial charge in [0.05, 0.1) is 41.8 Å². The zero-order valence-electron chi connectivity index (χ0n) is 74.3. The standard InChI is InChI=1S/C19H25NO5S.C17H22N2O5S.2C17H21NO5S.C16H20BrNO5S.C3H7BO2/c1-4-24-18(21)19(2,26(3,22)23)12-16-11-17(20-25-16)15-9-7-14(8-10-15)13-5-6-13;1-17(16(20)18-21,25(2,22)23)10-14-9-15(19-24-14)13-7-5-12(6-8-13)11-3-4-11;2*1-17(16(19)20,24(2,21)22)10-14-9-15(18-23-14)13-7-5-12(6-8-13)11-3-4-11;1-4-22-15(19)16(2,24(3,20)21)10-13-9-14(18-23-13)11-5-7-12(17)8-6-11;5-4(6)3-1-2-3/h7-10,13,16H,4-6,11-12H2,1-3H3;5-8,11,14,21H,3-4,9-10H2,1-2H3,(H,18,20);2*5-8,11,14H,3-4,9-10H2,1-2H3,(H,19,20);5-8,13H,4,9-10H2,1-3H3;3,5-6H,1-2H2. The molecule has 10 aliphatic rings. The van der Waals surface area contributed by atoms with Gasteiger partial charge in [0.15, 0.2) is 72.9 Å². The van der Waals surface area contributed by atoms with E-state index in [1.807, 2.05) is 72.8 Å². The highest BCUT2D eigenvalue weighted by molar-refractivity contribution is 9.10. The first-order chi connectivity index (χ1) is 60.4. The number of esters is 2. The quantitative estimate of drug-likeness (QED) is 0.0101. The fraction of sp³-hybridized carbons (Fsp3) is 0.551. The van der Waals surface area contributed by atoms with Crippen LogP contribution in [0.15, 0.2) is 152 Å². The zero-order chi connectivity index (χ0) is 94.8. The Labute approximate surface area is 762 Å². The predicted molar refractivity (Wildman–Crippen MR) is 489 cm³/mol. The minimum Gasteiger partial charge on any atom is -0.480 e. The number of benzene rings is 5. The first-order valence-electron chi connectivity index (χ1n) is 42.8. The third-order valence-electron chi connectivity index (χ3n) is 25.1. The molecule has 15 rings (SSSR count). The molecular weight excluding hydrogens is 1840 g/mol. The van der Waals surface area contributed by atoms with Crippen molar-refractivity contribution in [3.8, 4) is 0 Å².